The van der Waals surface area contributed by atoms with E-state index in [1.54, 1.807) is 6.07 Å². The van der Waals surface area contributed by atoms with Gasteiger partial charge in [-0.05, 0) is 38.1 Å². The summed E-state index contributed by atoms with van der Waals surface area (Å²) in [7, 11) is 0. The minimum Gasteiger partial charge on any atom is -0.364 e. The third kappa shape index (κ3) is 2.79. The first-order valence-corrected chi connectivity index (χ1v) is 5.74. The van der Waals surface area contributed by atoms with Gasteiger partial charge in [0.2, 0.25) is 0 Å². The molecule has 0 unspecified atom stereocenters. The minimum absolute atomic E-state index is 0.356. The van der Waals surface area contributed by atoms with Gasteiger partial charge in [0.15, 0.2) is 0 Å². The normalized spacial score (nSPS) is 17.2. The van der Waals surface area contributed by atoms with Crippen LogP contribution in [0.5, 0.6) is 0 Å². The van der Waals surface area contributed by atoms with Gasteiger partial charge < -0.3 is 5.73 Å². The Morgan fingerprint density at radius 1 is 1.31 bits per heavy atom. The van der Waals surface area contributed by atoms with Crippen LogP contribution in [0, 0.1) is 0 Å². The molecule has 0 aliphatic carbocycles. The number of carbonyl (C=O) groups excluding carboxylic acids is 1. The van der Waals surface area contributed by atoms with Crippen molar-refractivity contribution in [3.63, 3.8) is 0 Å². The van der Waals surface area contributed by atoms with E-state index in [2.05, 4.69) is 9.88 Å². The molecule has 0 aromatic carbocycles. The third-order valence-corrected chi connectivity index (χ3v) is 2.89. The van der Waals surface area contributed by atoms with Crippen LogP contribution in [0.3, 0.4) is 0 Å². The number of amides is 1. The molecule has 0 atom stereocenters. The summed E-state index contributed by atoms with van der Waals surface area (Å²) in [5, 5.41) is 0. The molecule has 86 valence electrons. The Balaban J connectivity index is 2.02. The SMILES string of the molecule is NC(=O)c1cccc(CN2CCCCC2)n1. The van der Waals surface area contributed by atoms with Gasteiger partial charge in [-0.15, -0.1) is 0 Å². The van der Waals surface area contributed by atoms with Crippen LogP contribution >= 0.6 is 0 Å². The molecule has 1 saturated heterocycles. The van der Waals surface area contributed by atoms with Crippen molar-refractivity contribution in [2.45, 2.75) is 25.8 Å². The molecule has 0 bridgehead atoms. The van der Waals surface area contributed by atoms with Gasteiger partial charge in [0.25, 0.3) is 5.91 Å². The molecule has 1 amide bonds. The highest BCUT2D eigenvalue weighted by molar-refractivity contribution is 5.90. The van der Waals surface area contributed by atoms with Gasteiger partial charge in [-0.25, -0.2) is 4.98 Å². The minimum atomic E-state index is -0.458. The van der Waals surface area contributed by atoms with E-state index in [-0.39, 0.29) is 0 Å². The summed E-state index contributed by atoms with van der Waals surface area (Å²) in [6.45, 7) is 3.08. The molecule has 4 heteroatoms. The number of primary amides is 1. The molecule has 2 rings (SSSR count). The highest BCUT2D eigenvalue weighted by Gasteiger charge is 2.11. The van der Waals surface area contributed by atoms with E-state index in [4.69, 9.17) is 5.73 Å². The highest BCUT2D eigenvalue weighted by atomic mass is 16.1. The summed E-state index contributed by atoms with van der Waals surface area (Å²) >= 11 is 0. The second kappa shape index (κ2) is 5.07. The largest absolute Gasteiger partial charge is 0.364 e. The topological polar surface area (TPSA) is 59.2 Å². The molecule has 16 heavy (non-hydrogen) atoms. The molecule has 1 aromatic heterocycles. The fraction of sp³-hybridized carbons (Fsp3) is 0.500. The second-order valence-corrected chi connectivity index (χ2v) is 4.22. The van der Waals surface area contributed by atoms with E-state index in [1.807, 2.05) is 12.1 Å². The summed E-state index contributed by atoms with van der Waals surface area (Å²) in [5.74, 6) is -0.458. The van der Waals surface area contributed by atoms with Gasteiger partial charge in [0, 0.05) is 6.54 Å². The summed E-state index contributed by atoms with van der Waals surface area (Å²) in [5.41, 5.74) is 6.49. The van der Waals surface area contributed by atoms with Crippen LogP contribution in [0.1, 0.15) is 35.4 Å². The third-order valence-electron chi connectivity index (χ3n) is 2.89. The predicted molar refractivity (Wildman–Crippen MR) is 61.9 cm³/mol. The van der Waals surface area contributed by atoms with Crippen molar-refractivity contribution in [2.24, 2.45) is 5.73 Å². The highest BCUT2D eigenvalue weighted by Crippen LogP contribution is 2.11. The molecule has 1 aliphatic heterocycles. The van der Waals surface area contributed by atoms with Crippen molar-refractivity contribution in [3.05, 3.63) is 29.6 Å². The maximum absolute atomic E-state index is 11.0. The van der Waals surface area contributed by atoms with E-state index >= 15 is 0 Å². The molecular formula is C12H17N3O. The quantitative estimate of drug-likeness (QED) is 0.830. The van der Waals surface area contributed by atoms with E-state index in [0.29, 0.717) is 5.69 Å². The Hall–Kier alpha value is -1.42. The number of carbonyl (C=O) groups is 1. The molecule has 1 aliphatic rings. The van der Waals surface area contributed by atoms with Crippen LogP contribution in [0.4, 0.5) is 0 Å². The van der Waals surface area contributed by atoms with Crippen LogP contribution in [-0.4, -0.2) is 28.9 Å². The average molecular weight is 219 g/mol. The molecule has 2 N–H and O–H groups in total. The fourth-order valence-corrected chi connectivity index (χ4v) is 2.05. The zero-order chi connectivity index (χ0) is 11.4. The first-order valence-electron chi connectivity index (χ1n) is 5.74. The molecule has 0 spiro atoms. The number of nitrogens with zero attached hydrogens (tertiary/aromatic N) is 2. The van der Waals surface area contributed by atoms with Crippen LogP contribution in [-0.2, 0) is 6.54 Å². The Labute approximate surface area is 95.5 Å². The van der Waals surface area contributed by atoms with Crippen LogP contribution in [0.2, 0.25) is 0 Å². The van der Waals surface area contributed by atoms with Gasteiger partial charge >= 0.3 is 0 Å². The molecule has 0 radical (unpaired) electrons. The molecule has 4 nitrogen and oxygen atoms in total. The number of hydrogen-bond donors (Lipinski definition) is 1. The summed E-state index contributed by atoms with van der Waals surface area (Å²) in [6, 6.07) is 5.44. The van der Waals surface area contributed by atoms with Gasteiger partial charge in [-0.3, -0.25) is 9.69 Å². The zero-order valence-corrected chi connectivity index (χ0v) is 9.35. The Morgan fingerprint density at radius 3 is 2.75 bits per heavy atom. The lowest BCUT2D eigenvalue weighted by Crippen LogP contribution is -2.29. The molecule has 2 heterocycles. The standard InChI is InChI=1S/C12H17N3O/c13-12(16)11-6-4-5-10(14-11)9-15-7-2-1-3-8-15/h4-6H,1-3,7-9H2,(H2,13,16). The van der Waals surface area contributed by atoms with Gasteiger partial charge in [0.05, 0.1) is 5.69 Å². The van der Waals surface area contributed by atoms with Crippen molar-refractivity contribution < 1.29 is 4.79 Å². The lowest BCUT2D eigenvalue weighted by molar-refractivity contribution is 0.0995. The number of nitrogens with two attached hydrogens (primary N) is 1. The van der Waals surface area contributed by atoms with E-state index in [1.165, 1.54) is 19.3 Å². The number of rotatable bonds is 3. The van der Waals surface area contributed by atoms with Crippen molar-refractivity contribution in [3.8, 4) is 0 Å². The summed E-state index contributed by atoms with van der Waals surface area (Å²) in [6.07, 6.45) is 3.84. The average Bonchev–Trinajstić information content (AvgIpc) is 2.30. The number of likely N-dealkylation sites (tertiary alicyclic amines) is 1. The van der Waals surface area contributed by atoms with Crippen LogP contribution in [0.15, 0.2) is 18.2 Å². The summed E-state index contributed by atoms with van der Waals surface area (Å²) < 4.78 is 0. The first-order chi connectivity index (χ1) is 7.75. The summed E-state index contributed by atoms with van der Waals surface area (Å²) in [4.78, 5) is 17.6. The maximum atomic E-state index is 11.0. The van der Waals surface area contributed by atoms with E-state index < -0.39 is 5.91 Å². The second-order valence-electron chi connectivity index (χ2n) is 4.22. The Kier molecular flexibility index (Phi) is 3.51. The zero-order valence-electron chi connectivity index (χ0n) is 9.35. The van der Waals surface area contributed by atoms with Gasteiger partial charge in [-0.2, -0.15) is 0 Å². The van der Waals surface area contributed by atoms with Crippen molar-refractivity contribution >= 4 is 5.91 Å². The first kappa shape index (κ1) is 11.1. The van der Waals surface area contributed by atoms with E-state index in [9.17, 15) is 4.79 Å². The monoisotopic (exact) mass is 219 g/mol. The van der Waals surface area contributed by atoms with Crippen LogP contribution in [0.25, 0.3) is 0 Å². The number of hydrogen-bond acceptors (Lipinski definition) is 3. The molecule has 1 fully saturated rings. The Morgan fingerprint density at radius 2 is 2.06 bits per heavy atom. The van der Waals surface area contributed by atoms with Gasteiger partial charge in [0.1, 0.15) is 5.69 Å². The van der Waals surface area contributed by atoms with E-state index in [0.717, 1.165) is 25.3 Å². The predicted octanol–water partition coefficient (Wildman–Crippen LogP) is 1.17. The maximum Gasteiger partial charge on any atom is 0.267 e. The fourth-order valence-electron chi connectivity index (χ4n) is 2.05. The number of aromatic nitrogens is 1. The smallest absolute Gasteiger partial charge is 0.267 e. The lowest BCUT2D eigenvalue weighted by atomic mass is 10.1. The molecule has 0 saturated carbocycles. The lowest BCUT2D eigenvalue weighted by Gasteiger charge is -2.25. The number of pyridine rings is 1. The Bertz CT molecular complexity index is 372. The van der Waals surface area contributed by atoms with Crippen molar-refractivity contribution in [2.75, 3.05) is 13.1 Å². The van der Waals surface area contributed by atoms with Gasteiger partial charge in [-0.1, -0.05) is 12.5 Å². The molecule has 1 aromatic rings. The van der Waals surface area contributed by atoms with Crippen molar-refractivity contribution in [1.82, 2.24) is 9.88 Å². The number of piperidine rings is 1. The molecular weight excluding hydrogens is 202 g/mol. The van der Waals surface area contributed by atoms with Crippen molar-refractivity contribution in [1.29, 1.82) is 0 Å². The van der Waals surface area contributed by atoms with Crippen LogP contribution < -0.4 is 5.73 Å².